The van der Waals surface area contributed by atoms with Crippen LogP contribution in [0.5, 0.6) is 0 Å². The summed E-state index contributed by atoms with van der Waals surface area (Å²) in [6.07, 6.45) is 0. The molecule has 11 rings (SSSR count). The first-order chi connectivity index (χ1) is 27.3. The van der Waals surface area contributed by atoms with Crippen LogP contribution in [0.2, 0.25) is 0 Å². The number of hydrogen-bond acceptors (Lipinski definition) is 2. The third kappa shape index (κ3) is 4.72. The number of para-hydroxylation sites is 1. The Morgan fingerprint density at radius 1 is 0.393 bits per heavy atom. The van der Waals surface area contributed by atoms with Crippen LogP contribution >= 0.6 is 11.3 Å². The third-order valence-electron chi connectivity index (χ3n) is 12.7. The fourth-order valence-corrected chi connectivity index (χ4v) is 11.1. The van der Waals surface area contributed by atoms with Gasteiger partial charge in [0.05, 0.1) is 11.4 Å². The van der Waals surface area contributed by atoms with E-state index in [1.807, 2.05) is 11.3 Å². The van der Waals surface area contributed by atoms with E-state index >= 15 is 0 Å². The molecule has 1 aromatic heterocycles. The van der Waals surface area contributed by atoms with Crippen LogP contribution in [0.3, 0.4) is 0 Å². The normalized spacial score (nSPS) is 14.4. The number of fused-ring (bicyclic) bond motifs is 9. The Balaban J connectivity index is 1.16. The van der Waals surface area contributed by atoms with Gasteiger partial charge in [-0.15, -0.1) is 11.3 Å². The summed E-state index contributed by atoms with van der Waals surface area (Å²) < 4.78 is 2.64. The van der Waals surface area contributed by atoms with Crippen molar-refractivity contribution in [1.82, 2.24) is 0 Å². The molecule has 0 unspecified atom stereocenters. The Bertz CT molecular complexity index is 3050. The average molecular weight is 736 g/mol. The van der Waals surface area contributed by atoms with Crippen LogP contribution < -0.4 is 4.90 Å². The van der Waals surface area contributed by atoms with Crippen LogP contribution in [0.15, 0.2) is 176 Å². The van der Waals surface area contributed by atoms with Crippen molar-refractivity contribution in [3.63, 3.8) is 0 Å². The summed E-state index contributed by atoms with van der Waals surface area (Å²) in [6.45, 7) is 9.45. The molecule has 2 heteroatoms. The Morgan fingerprint density at radius 2 is 0.964 bits per heavy atom. The van der Waals surface area contributed by atoms with Crippen molar-refractivity contribution in [1.29, 1.82) is 0 Å². The molecule has 0 fully saturated rings. The Kier molecular flexibility index (Phi) is 7.18. The van der Waals surface area contributed by atoms with E-state index in [4.69, 9.17) is 0 Å². The highest BCUT2D eigenvalue weighted by Crippen LogP contribution is 2.56. The summed E-state index contributed by atoms with van der Waals surface area (Å²) in [6, 6.07) is 65.8. The molecular weight excluding hydrogens is 695 g/mol. The number of benzene rings is 8. The lowest BCUT2D eigenvalue weighted by atomic mass is 9.82. The lowest BCUT2D eigenvalue weighted by Crippen LogP contribution is -2.16. The Morgan fingerprint density at radius 3 is 1.82 bits per heavy atom. The van der Waals surface area contributed by atoms with E-state index in [-0.39, 0.29) is 10.8 Å². The molecule has 0 radical (unpaired) electrons. The SMILES string of the molecule is CC1(C)c2ccccc2-c2cc(-c3ccccc3N(c3cccc(-c4cccc5sc6ccccc6c45)c3)c3cccc4c3-c3ccccc3C4(C)C)ccc21. The van der Waals surface area contributed by atoms with Gasteiger partial charge in [-0.3, -0.25) is 0 Å². The van der Waals surface area contributed by atoms with Crippen molar-refractivity contribution in [2.75, 3.05) is 4.90 Å². The van der Waals surface area contributed by atoms with Crippen LogP contribution in [-0.4, -0.2) is 0 Å². The van der Waals surface area contributed by atoms with Gasteiger partial charge < -0.3 is 4.90 Å². The zero-order valence-electron chi connectivity index (χ0n) is 32.1. The van der Waals surface area contributed by atoms with Crippen LogP contribution in [0, 0.1) is 0 Å². The molecule has 9 aromatic rings. The lowest BCUT2D eigenvalue weighted by molar-refractivity contribution is 0.660. The standard InChI is InChI=1S/C54H41NS/c1-53(2)43-23-9-5-19-39(43)42-33-35(30-31-45(42)53)37-18-7-11-26-47(37)55(48-27-15-25-46-52(48)40-20-6-10-24-44(40)54(46,3)4)36-17-13-16-34(32-36)38-22-14-29-50-51(38)41-21-8-12-28-49(41)56-50/h5-33H,1-4H3. The van der Waals surface area contributed by atoms with Gasteiger partial charge in [-0.2, -0.15) is 0 Å². The molecule has 0 spiro atoms. The van der Waals surface area contributed by atoms with Gasteiger partial charge in [0.2, 0.25) is 0 Å². The molecule has 1 nitrogen and oxygen atoms in total. The second-order valence-electron chi connectivity index (χ2n) is 16.5. The van der Waals surface area contributed by atoms with Gasteiger partial charge in [-0.25, -0.2) is 0 Å². The predicted molar refractivity (Wildman–Crippen MR) is 240 cm³/mol. The maximum atomic E-state index is 2.53. The molecule has 0 amide bonds. The second-order valence-corrected chi connectivity index (χ2v) is 17.6. The summed E-state index contributed by atoms with van der Waals surface area (Å²) in [5.41, 5.74) is 19.0. The minimum Gasteiger partial charge on any atom is -0.309 e. The Hall–Kier alpha value is -6.22. The van der Waals surface area contributed by atoms with E-state index in [2.05, 4.69) is 209 Å². The van der Waals surface area contributed by atoms with E-state index < -0.39 is 0 Å². The van der Waals surface area contributed by atoms with Gasteiger partial charge >= 0.3 is 0 Å². The molecular formula is C54H41NS. The summed E-state index contributed by atoms with van der Waals surface area (Å²) in [5, 5.41) is 2.65. The van der Waals surface area contributed by atoms with Crippen LogP contribution in [0.25, 0.3) is 64.7 Å². The number of anilines is 3. The van der Waals surface area contributed by atoms with E-state index in [1.165, 1.54) is 92.6 Å². The van der Waals surface area contributed by atoms with E-state index in [1.54, 1.807) is 0 Å². The van der Waals surface area contributed by atoms with Crippen molar-refractivity contribution in [2.24, 2.45) is 0 Å². The van der Waals surface area contributed by atoms with Crippen molar-refractivity contribution < 1.29 is 0 Å². The van der Waals surface area contributed by atoms with Crippen LogP contribution in [0.1, 0.15) is 49.9 Å². The molecule has 8 aromatic carbocycles. The summed E-state index contributed by atoms with van der Waals surface area (Å²) in [7, 11) is 0. The van der Waals surface area contributed by atoms with Gasteiger partial charge in [-0.05, 0) is 98.1 Å². The first-order valence-electron chi connectivity index (χ1n) is 19.7. The van der Waals surface area contributed by atoms with Crippen LogP contribution in [0.4, 0.5) is 17.1 Å². The highest BCUT2D eigenvalue weighted by atomic mass is 32.1. The fourth-order valence-electron chi connectivity index (χ4n) is 9.96. The van der Waals surface area contributed by atoms with Crippen LogP contribution in [-0.2, 0) is 10.8 Å². The summed E-state index contributed by atoms with van der Waals surface area (Å²) >= 11 is 1.87. The van der Waals surface area contributed by atoms with Crippen molar-refractivity contribution in [3.8, 4) is 44.5 Å². The van der Waals surface area contributed by atoms with Crippen molar-refractivity contribution >= 4 is 48.6 Å². The average Bonchev–Trinajstić information content (AvgIpc) is 3.81. The minimum atomic E-state index is -0.120. The highest BCUT2D eigenvalue weighted by Gasteiger charge is 2.38. The zero-order valence-corrected chi connectivity index (χ0v) is 32.9. The monoisotopic (exact) mass is 735 g/mol. The molecule has 1 heterocycles. The summed E-state index contributed by atoms with van der Waals surface area (Å²) in [4.78, 5) is 2.53. The zero-order chi connectivity index (χ0) is 37.8. The number of nitrogens with zero attached hydrogens (tertiary/aromatic N) is 1. The maximum Gasteiger partial charge on any atom is 0.0543 e. The maximum absolute atomic E-state index is 2.53. The largest absolute Gasteiger partial charge is 0.309 e. The van der Waals surface area contributed by atoms with Gasteiger partial charge in [-0.1, -0.05) is 161 Å². The van der Waals surface area contributed by atoms with Gasteiger partial charge in [0.15, 0.2) is 0 Å². The first kappa shape index (κ1) is 33.1. The highest BCUT2D eigenvalue weighted by molar-refractivity contribution is 7.25. The number of thiophene rings is 1. The molecule has 268 valence electrons. The second kappa shape index (κ2) is 12.1. The molecule has 0 bridgehead atoms. The number of rotatable bonds is 5. The molecule has 56 heavy (non-hydrogen) atoms. The smallest absolute Gasteiger partial charge is 0.0543 e. The molecule has 0 N–H and O–H groups in total. The summed E-state index contributed by atoms with van der Waals surface area (Å²) in [5.74, 6) is 0. The number of hydrogen-bond donors (Lipinski definition) is 0. The molecule has 2 aliphatic rings. The van der Waals surface area contributed by atoms with Gasteiger partial charge in [0.1, 0.15) is 0 Å². The molecule has 2 aliphatic carbocycles. The first-order valence-corrected chi connectivity index (χ1v) is 20.5. The topological polar surface area (TPSA) is 3.24 Å². The lowest BCUT2D eigenvalue weighted by Gasteiger charge is -2.31. The third-order valence-corrected chi connectivity index (χ3v) is 13.8. The van der Waals surface area contributed by atoms with E-state index in [0.29, 0.717) is 0 Å². The van der Waals surface area contributed by atoms with Crippen molar-refractivity contribution in [2.45, 2.75) is 38.5 Å². The molecule has 0 saturated heterocycles. The fraction of sp³-hybridized carbons (Fsp3) is 0.111. The van der Waals surface area contributed by atoms with E-state index in [0.717, 1.165) is 11.4 Å². The molecule has 0 atom stereocenters. The minimum absolute atomic E-state index is 0.0438. The van der Waals surface area contributed by atoms with Gasteiger partial charge in [0, 0.05) is 47.8 Å². The predicted octanol–water partition coefficient (Wildman–Crippen LogP) is 15.5. The van der Waals surface area contributed by atoms with Crippen molar-refractivity contribution in [3.05, 3.63) is 198 Å². The van der Waals surface area contributed by atoms with E-state index in [9.17, 15) is 0 Å². The molecule has 0 aliphatic heterocycles. The van der Waals surface area contributed by atoms with Gasteiger partial charge in [0.25, 0.3) is 0 Å². The quantitative estimate of drug-likeness (QED) is 0.170. The molecule has 0 saturated carbocycles. The Labute approximate surface area is 333 Å².